The van der Waals surface area contributed by atoms with E-state index in [1.807, 2.05) is 13.8 Å². The van der Waals surface area contributed by atoms with Crippen molar-refractivity contribution in [1.82, 2.24) is 15.4 Å². The molecule has 20 heavy (non-hydrogen) atoms. The van der Waals surface area contributed by atoms with E-state index in [-0.39, 0.29) is 5.11 Å². The Kier molecular flexibility index (Phi) is 4.80. The third-order valence-electron chi connectivity index (χ3n) is 2.98. The lowest BCUT2D eigenvalue weighted by Crippen LogP contribution is -2.37. The monoisotopic (exact) mass is 294 g/mol. The highest BCUT2D eigenvalue weighted by Crippen LogP contribution is 2.13. The molecule has 3 N–H and O–H groups in total. The first-order valence-electron chi connectivity index (χ1n) is 6.34. The van der Waals surface area contributed by atoms with Crippen molar-refractivity contribution in [1.29, 1.82) is 0 Å². The van der Waals surface area contributed by atoms with Gasteiger partial charge in [0.1, 0.15) is 0 Å². The minimum atomic E-state index is 0.132. The van der Waals surface area contributed by atoms with Crippen molar-refractivity contribution in [2.45, 2.75) is 13.8 Å². The average molecular weight is 294 g/mol. The standard InChI is InChI=1S/C12H18N6OS/c1-8-10(9(2)16-17-11(13)20)7-14-12(15-8)18-3-5-19-6-4-18/h7H,3-6H2,1-2H3,(H3,13,17,20)/b16-9+. The van der Waals surface area contributed by atoms with Gasteiger partial charge in [0.15, 0.2) is 5.11 Å². The van der Waals surface area contributed by atoms with Gasteiger partial charge in [-0.2, -0.15) is 5.10 Å². The molecular weight excluding hydrogens is 276 g/mol. The maximum Gasteiger partial charge on any atom is 0.225 e. The Hall–Kier alpha value is -1.80. The van der Waals surface area contributed by atoms with Crippen LogP contribution in [0.15, 0.2) is 11.3 Å². The molecule has 2 heterocycles. The Labute approximate surface area is 123 Å². The SMILES string of the molecule is C/C(=N\NC(N)=S)c1cnc(N2CCOCC2)nc1C. The van der Waals surface area contributed by atoms with Crippen molar-refractivity contribution in [3.63, 3.8) is 0 Å². The van der Waals surface area contributed by atoms with Crippen molar-refractivity contribution in [2.75, 3.05) is 31.2 Å². The Morgan fingerprint density at radius 1 is 1.50 bits per heavy atom. The molecular formula is C12H18N6OS. The third-order valence-corrected chi connectivity index (χ3v) is 3.08. The number of nitrogens with one attached hydrogen (secondary N) is 1. The first-order valence-corrected chi connectivity index (χ1v) is 6.75. The molecule has 0 aliphatic carbocycles. The maximum absolute atomic E-state index is 5.34. The fraction of sp³-hybridized carbons (Fsp3) is 0.500. The van der Waals surface area contributed by atoms with Crippen LogP contribution in [0, 0.1) is 6.92 Å². The van der Waals surface area contributed by atoms with Crippen LogP contribution >= 0.6 is 12.2 Å². The number of morpholine rings is 1. The quantitative estimate of drug-likeness (QED) is 0.467. The second-order valence-electron chi connectivity index (χ2n) is 4.44. The number of ether oxygens (including phenoxy) is 1. The zero-order chi connectivity index (χ0) is 14.5. The molecule has 0 bridgehead atoms. The fourth-order valence-electron chi connectivity index (χ4n) is 1.92. The number of nitrogens with two attached hydrogens (primary N) is 1. The van der Waals surface area contributed by atoms with E-state index in [4.69, 9.17) is 22.7 Å². The molecule has 0 amide bonds. The van der Waals surface area contributed by atoms with E-state index in [9.17, 15) is 0 Å². The van der Waals surface area contributed by atoms with Crippen molar-refractivity contribution in [3.8, 4) is 0 Å². The minimum Gasteiger partial charge on any atom is -0.378 e. The number of hydrazone groups is 1. The van der Waals surface area contributed by atoms with Gasteiger partial charge in [-0.3, -0.25) is 5.43 Å². The Morgan fingerprint density at radius 2 is 2.20 bits per heavy atom. The minimum absolute atomic E-state index is 0.132. The van der Waals surface area contributed by atoms with Gasteiger partial charge < -0.3 is 15.4 Å². The fourth-order valence-corrected chi connectivity index (χ4v) is 1.97. The molecule has 7 nitrogen and oxygen atoms in total. The summed E-state index contributed by atoms with van der Waals surface area (Å²) in [6.07, 6.45) is 1.77. The van der Waals surface area contributed by atoms with Crippen molar-refractivity contribution in [2.24, 2.45) is 10.8 Å². The van der Waals surface area contributed by atoms with Crippen LogP contribution in [-0.2, 0) is 4.74 Å². The largest absolute Gasteiger partial charge is 0.378 e. The number of hydrogen-bond acceptors (Lipinski definition) is 6. The summed E-state index contributed by atoms with van der Waals surface area (Å²) in [5.74, 6) is 0.727. The van der Waals surface area contributed by atoms with Crippen molar-refractivity contribution >= 4 is 29.0 Å². The summed E-state index contributed by atoms with van der Waals surface area (Å²) in [4.78, 5) is 11.0. The predicted octanol–water partition coefficient (Wildman–Crippen LogP) is 0.179. The van der Waals surface area contributed by atoms with Crippen LogP contribution < -0.4 is 16.1 Å². The van der Waals surface area contributed by atoms with Crippen LogP contribution in [0.3, 0.4) is 0 Å². The lowest BCUT2D eigenvalue weighted by Gasteiger charge is -2.27. The van der Waals surface area contributed by atoms with E-state index < -0.39 is 0 Å². The van der Waals surface area contributed by atoms with Crippen LogP contribution in [-0.4, -0.2) is 47.1 Å². The molecule has 0 spiro atoms. The van der Waals surface area contributed by atoms with E-state index in [0.717, 1.165) is 36.0 Å². The maximum atomic E-state index is 5.34. The van der Waals surface area contributed by atoms with Crippen LogP contribution in [0.1, 0.15) is 18.2 Å². The molecule has 1 aliphatic rings. The van der Waals surface area contributed by atoms with Crippen LogP contribution in [0.25, 0.3) is 0 Å². The predicted molar refractivity (Wildman–Crippen MR) is 81.9 cm³/mol. The number of rotatable bonds is 3. The molecule has 1 aromatic rings. The van der Waals surface area contributed by atoms with Crippen LogP contribution in [0.2, 0.25) is 0 Å². The zero-order valence-electron chi connectivity index (χ0n) is 11.6. The molecule has 8 heteroatoms. The van der Waals surface area contributed by atoms with Gasteiger partial charge in [-0.1, -0.05) is 0 Å². The molecule has 0 atom stereocenters. The molecule has 1 fully saturated rings. The number of nitrogens with zero attached hydrogens (tertiary/aromatic N) is 4. The number of anilines is 1. The Morgan fingerprint density at radius 3 is 2.80 bits per heavy atom. The number of thiocarbonyl (C=S) groups is 1. The third kappa shape index (κ3) is 3.61. The first-order chi connectivity index (χ1) is 9.58. The summed E-state index contributed by atoms with van der Waals surface area (Å²) in [6.45, 7) is 6.83. The smallest absolute Gasteiger partial charge is 0.225 e. The summed E-state index contributed by atoms with van der Waals surface area (Å²) < 4.78 is 5.32. The molecule has 2 rings (SSSR count). The molecule has 0 aromatic carbocycles. The van der Waals surface area contributed by atoms with Gasteiger partial charge in [-0.15, -0.1) is 0 Å². The first kappa shape index (κ1) is 14.6. The Balaban J connectivity index is 2.16. The summed E-state index contributed by atoms with van der Waals surface area (Å²) in [7, 11) is 0. The second kappa shape index (κ2) is 6.58. The lowest BCUT2D eigenvalue weighted by molar-refractivity contribution is 0.122. The van der Waals surface area contributed by atoms with Crippen LogP contribution in [0.4, 0.5) is 5.95 Å². The summed E-state index contributed by atoms with van der Waals surface area (Å²) >= 11 is 4.71. The molecule has 108 valence electrons. The lowest BCUT2D eigenvalue weighted by atomic mass is 10.2. The summed E-state index contributed by atoms with van der Waals surface area (Å²) in [5.41, 5.74) is 10.4. The van der Waals surface area contributed by atoms with E-state index in [2.05, 4.69) is 25.4 Å². The second-order valence-corrected chi connectivity index (χ2v) is 4.88. The molecule has 1 saturated heterocycles. The van der Waals surface area contributed by atoms with E-state index in [1.165, 1.54) is 0 Å². The number of aromatic nitrogens is 2. The van der Waals surface area contributed by atoms with Crippen molar-refractivity contribution < 1.29 is 4.74 Å². The zero-order valence-corrected chi connectivity index (χ0v) is 12.4. The Bertz CT molecular complexity index is 527. The summed E-state index contributed by atoms with van der Waals surface area (Å²) in [6, 6.07) is 0. The molecule has 0 unspecified atom stereocenters. The van der Waals surface area contributed by atoms with Crippen molar-refractivity contribution in [3.05, 3.63) is 17.5 Å². The van der Waals surface area contributed by atoms with Gasteiger partial charge in [0.05, 0.1) is 24.6 Å². The van der Waals surface area contributed by atoms with Gasteiger partial charge in [0, 0.05) is 24.8 Å². The van der Waals surface area contributed by atoms with Crippen LogP contribution in [0.5, 0.6) is 0 Å². The van der Waals surface area contributed by atoms with Gasteiger partial charge >= 0.3 is 0 Å². The normalized spacial score (nSPS) is 16.1. The number of hydrogen-bond donors (Lipinski definition) is 2. The highest BCUT2D eigenvalue weighted by atomic mass is 32.1. The van der Waals surface area contributed by atoms with Gasteiger partial charge in [0.2, 0.25) is 5.95 Å². The van der Waals surface area contributed by atoms with Gasteiger partial charge in [-0.25, -0.2) is 9.97 Å². The molecule has 1 aliphatic heterocycles. The van der Waals surface area contributed by atoms with E-state index >= 15 is 0 Å². The summed E-state index contributed by atoms with van der Waals surface area (Å²) in [5, 5.41) is 4.22. The van der Waals surface area contributed by atoms with Gasteiger partial charge in [0.25, 0.3) is 0 Å². The molecule has 1 aromatic heterocycles. The highest BCUT2D eigenvalue weighted by molar-refractivity contribution is 7.80. The van der Waals surface area contributed by atoms with E-state index in [1.54, 1.807) is 6.20 Å². The van der Waals surface area contributed by atoms with E-state index in [0.29, 0.717) is 13.2 Å². The molecule has 0 radical (unpaired) electrons. The topological polar surface area (TPSA) is 88.7 Å². The number of aryl methyl sites for hydroxylation is 1. The average Bonchev–Trinajstić information content (AvgIpc) is 2.45. The highest BCUT2D eigenvalue weighted by Gasteiger charge is 2.15. The molecule has 0 saturated carbocycles. The van der Waals surface area contributed by atoms with Gasteiger partial charge in [-0.05, 0) is 26.1 Å².